The van der Waals surface area contributed by atoms with E-state index < -0.39 is 6.04 Å². The standard InChI is InChI=1S/C11H17N3O2/c1-16-7-3-5-10(12)11(15)14-9-4-2-6-13-8-9/h2,4,6,8,10H,3,5,7,12H2,1H3,(H,14,15). The summed E-state index contributed by atoms with van der Waals surface area (Å²) in [4.78, 5) is 15.5. The largest absolute Gasteiger partial charge is 0.385 e. The van der Waals surface area contributed by atoms with E-state index in [0.29, 0.717) is 18.7 Å². The first-order valence-electron chi connectivity index (χ1n) is 5.19. The third kappa shape index (κ3) is 4.37. The molecule has 1 aromatic rings. The number of nitrogens with two attached hydrogens (primary N) is 1. The highest BCUT2D eigenvalue weighted by atomic mass is 16.5. The summed E-state index contributed by atoms with van der Waals surface area (Å²) >= 11 is 0. The van der Waals surface area contributed by atoms with E-state index >= 15 is 0 Å². The van der Waals surface area contributed by atoms with Gasteiger partial charge in [0.2, 0.25) is 5.91 Å². The minimum absolute atomic E-state index is 0.191. The molecule has 1 rings (SSSR count). The lowest BCUT2D eigenvalue weighted by Crippen LogP contribution is -2.35. The SMILES string of the molecule is COCCCC(N)C(=O)Nc1cccnc1. The quantitative estimate of drug-likeness (QED) is 0.698. The number of methoxy groups -OCH3 is 1. The summed E-state index contributed by atoms with van der Waals surface area (Å²) in [5, 5.41) is 2.70. The predicted molar refractivity (Wildman–Crippen MR) is 62.0 cm³/mol. The van der Waals surface area contributed by atoms with Gasteiger partial charge >= 0.3 is 0 Å². The van der Waals surface area contributed by atoms with Crippen LogP contribution >= 0.6 is 0 Å². The molecule has 1 amide bonds. The normalized spacial score (nSPS) is 12.1. The van der Waals surface area contributed by atoms with Gasteiger partial charge in [0.15, 0.2) is 0 Å². The van der Waals surface area contributed by atoms with E-state index in [-0.39, 0.29) is 5.91 Å². The Morgan fingerprint density at radius 2 is 2.50 bits per heavy atom. The second kappa shape index (κ2) is 6.92. The van der Waals surface area contributed by atoms with Crippen molar-refractivity contribution in [3.8, 4) is 0 Å². The zero-order valence-corrected chi connectivity index (χ0v) is 9.35. The van der Waals surface area contributed by atoms with Gasteiger partial charge in [0.1, 0.15) is 0 Å². The molecule has 0 aliphatic heterocycles. The summed E-state index contributed by atoms with van der Waals surface area (Å²) in [5.74, 6) is -0.191. The van der Waals surface area contributed by atoms with E-state index in [1.165, 1.54) is 0 Å². The van der Waals surface area contributed by atoms with Crippen LogP contribution in [0, 0.1) is 0 Å². The Morgan fingerprint density at radius 3 is 3.12 bits per heavy atom. The number of ether oxygens (including phenoxy) is 1. The maximum atomic E-state index is 11.6. The Bertz CT molecular complexity index is 316. The van der Waals surface area contributed by atoms with Crippen LogP contribution in [0.4, 0.5) is 5.69 Å². The number of nitrogens with zero attached hydrogens (tertiary/aromatic N) is 1. The Hall–Kier alpha value is -1.46. The molecule has 0 saturated heterocycles. The topological polar surface area (TPSA) is 77.2 Å². The number of carbonyl (C=O) groups excluding carboxylic acids is 1. The van der Waals surface area contributed by atoms with Gasteiger partial charge < -0.3 is 15.8 Å². The zero-order valence-electron chi connectivity index (χ0n) is 9.35. The van der Waals surface area contributed by atoms with Gasteiger partial charge in [-0.15, -0.1) is 0 Å². The number of rotatable bonds is 6. The van der Waals surface area contributed by atoms with Crippen molar-refractivity contribution in [3.63, 3.8) is 0 Å². The Kier molecular flexibility index (Phi) is 5.45. The number of carbonyl (C=O) groups is 1. The van der Waals surface area contributed by atoms with Crippen LogP contribution in [0.25, 0.3) is 0 Å². The second-order valence-electron chi connectivity index (χ2n) is 3.47. The number of pyridine rings is 1. The molecule has 1 aromatic heterocycles. The molecule has 0 radical (unpaired) electrons. The van der Waals surface area contributed by atoms with Gasteiger partial charge in [0, 0.05) is 19.9 Å². The lowest BCUT2D eigenvalue weighted by atomic mass is 10.1. The van der Waals surface area contributed by atoms with Crippen LogP contribution in [-0.2, 0) is 9.53 Å². The van der Waals surface area contributed by atoms with Gasteiger partial charge in [0.05, 0.1) is 17.9 Å². The van der Waals surface area contributed by atoms with E-state index in [2.05, 4.69) is 10.3 Å². The summed E-state index contributed by atoms with van der Waals surface area (Å²) in [6, 6.07) is 3.02. The molecule has 0 aliphatic carbocycles. The summed E-state index contributed by atoms with van der Waals surface area (Å²) in [6.07, 6.45) is 4.62. The molecule has 5 heteroatoms. The van der Waals surface area contributed by atoms with Crippen molar-refractivity contribution in [1.82, 2.24) is 4.98 Å². The summed E-state index contributed by atoms with van der Waals surface area (Å²) in [6.45, 7) is 0.619. The van der Waals surface area contributed by atoms with E-state index in [1.807, 2.05) is 0 Å². The van der Waals surface area contributed by atoms with E-state index in [9.17, 15) is 4.79 Å². The Labute approximate surface area is 95.0 Å². The number of nitrogens with one attached hydrogen (secondary N) is 1. The first-order chi connectivity index (χ1) is 7.74. The second-order valence-corrected chi connectivity index (χ2v) is 3.47. The van der Waals surface area contributed by atoms with E-state index in [0.717, 1.165) is 6.42 Å². The molecule has 0 spiro atoms. The van der Waals surface area contributed by atoms with Crippen molar-refractivity contribution in [2.24, 2.45) is 5.73 Å². The van der Waals surface area contributed by atoms with Crippen molar-refractivity contribution in [2.75, 3.05) is 19.0 Å². The first kappa shape index (κ1) is 12.6. The first-order valence-corrected chi connectivity index (χ1v) is 5.19. The Balaban J connectivity index is 2.34. The lowest BCUT2D eigenvalue weighted by molar-refractivity contribution is -0.117. The van der Waals surface area contributed by atoms with Gasteiger partial charge in [-0.1, -0.05) is 0 Å². The average molecular weight is 223 g/mol. The van der Waals surface area contributed by atoms with Crippen molar-refractivity contribution < 1.29 is 9.53 Å². The van der Waals surface area contributed by atoms with Gasteiger partial charge in [-0.3, -0.25) is 9.78 Å². The third-order valence-electron chi connectivity index (χ3n) is 2.13. The summed E-state index contributed by atoms with van der Waals surface area (Å²) < 4.78 is 4.89. The van der Waals surface area contributed by atoms with Crippen LogP contribution in [-0.4, -0.2) is 30.6 Å². The summed E-state index contributed by atoms with van der Waals surface area (Å²) in [5.41, 5.74) is 6.38. The molecule has 5 nitrogen and oxygen atoms in total. The average Bonchev–Trinajstić information content (AvgIpc) is 2.30. The number of hydrogen-bond donors (Lipinski definition) is 2. The number of aromatic nitrogens is 1. The highest BCUT2D eigenvalue weighted by Gasteiger charge is 2.12. The number of anilines is 1. The molecule has 0 saturated carbocycles. The molecule has 3 N–H and O–H groups in total. The molecule has 1 atom stereocenters. The highest BCUT2D eigenvalue weighted by molar-refractivity contribution is 5.94. The maximum Gasteiger partial charge on any atom is 0.241 e. The van der Waals surface area contributed by atoms with Crippen molar-refractivity contribution >= 4 is 11.6 Å². The van der Waals surface area contributed by atoms with Crippen molar-refractivity contribution in [2.45, 2.75) is 18.9 Å². The molecule has 0 aromatic carbocycles. The predicted octanol–water partition coefficient (Wildman–Crippen LogP) is 0.774. The molecular formula is C11H17N3O2. The number of hydrogen-bond acceptors (Lipinski definition) is 4. The highest BCUT2D eigenvalue weighted by Crippen LogP contribution is 2.04. The fourth-order valence-electron chi connectivity index (χ4n) is 1.25. The number of amides is 1. The minimum Gasteiger partial charge on any atom is -0.385 e. The molecule has 16 heavy (non-hydrogen) atoms. The monoisotopic (exact) mass is 223 g/mol. The van der Waals surface area contributed by atoms with Crippen LogP contribution < -0.4 is 11.1 Å². The van der Waals surface area contributed by atoms with E-state index in [1.54, 1.807) is 31.6 Å². The van der Waals surface area contributed by atoms with Crippen LogP contribution in [0.1, 0.15) is 12.8 Å². The fourth-order valence-corrected chi connectivity index (χ4v) is 1.25. The lowest BCUT2D eigenvalue weighted by Gasteiger charge is -2.11. The Morgan fingerprint density at radius 1 is 1.69 bits per heavy atom. The fraction of sp³-hybridized carbons (Fsp3) is 0.455. The van der Waals surface area contributed by atoms with Gasteiger partial charge in [-0.2, -0.15) is 0 Å². The molecule has 1 heterocycles. The smallest absolute Gasteiger partial charge is 0.241 e. The van der Waals surface area contributed by atoms with Crippen molar-refractivity contribution in [1.29, 1.82) is 0 Å². The van der Waals surface area contributed by atoms with Gasteiger partial charge in [0.25, 0.3) is 0 Å². The summed E-state index contributed by atoms with van der Waals surface area (Å²) in [7, 11) is 1.63. The molecule has 88 valence electrons. The van der Waals surface area contributed by atoms with Gasteiger partial charge in [-0.25, -0.2) is 0 Å². The van der Waals surface area contributed by atoms with E-state index in [4.69, 9.17) is 10.5 Å². The maximum absolute atomic E-state index is 11.6. The van der Waals surface area contributed by atoms with Crippen LogP contribution in [0.15, 0.2) is 24.5 Å². The molecule has 1 unspecified atom stereocenters. The molecule has 0 fully saturated rings. The molecule has 0 aliphatic rings. The van der Waals surface area contributed by atoms with Crippen LogP contribution in [0.3, 0.4) is 0 Å². The molecule has 0 bridgehead atoms. The van der Waals surface area contributed by atoms with Crippen LogP contribution in [0.5, 0.6) is 0 Å². The molecular weight excluding hydrogens is 206 g/mol. The third-order valence-corrected chi connectivity index (χ3v) is 2.13. The van der Waals surface area contributed by atoms with Crippen molar-refractivity contribution in [3.05, 3.63) is 24.5 Å². The van der Waals surface area contributed by atoms with Gasteiger partial charge in [-0.05, 0) is 25.0 Å². The van der Waals surface area contributed by atoms with Crippen LogP contribution in [0.2, 0.25) is 0 Å². The minimum atomic E-state index is -0.504. The zero-order chi connectivity index (χ0) is 11.8.